The maximum absolute atomic E-state index is 12.5. The highest BCUT2D eigenvalue weighted by atomic mass is 35.5. The maximum Gasteiger partial charge on any atom is 0.281 e. The fourth-order valence-electron chi connectivity index (χ4n) is 2.81. The van der Waals surface area contributed by atoms with Gasteiger partial charge in [0.1, 0.15) is 0 Å². The molecule has 0 aromatic carbocycles. The fraction of sp³-hybridized carbons (Fsp3) is 1.00. The molecule has 0 saturated carbocycles. The summed E-state index contributed by atoms with van der Waals surface area (Å²) in [6.45, 7) is 4.75. The molecule has 0 aromatic heterocycles. The summed E-state index contributed by atoms with van der Waals surface area (Å²) in [6, 6.07) is 0. The molecular weight excluding hydrogens is 272 g/mol. The average molecular weight is 295 g/mol. The Balaban J connectivity index is 1.98. The molecule has 0 amide bonds. The van der Waals surface area contributed by atoms with Crippen molar-refractivity contribution in [3.05, 3.63) is 0 Å². The zero-order valence-corrected chi connectivity index (χ0v) is 12.6. The van der Waals surface area contributed by atoms with Crippen LogP contribution in [0.4, 0.5) is 0 Å². The Morgan fingerprint density at radius 2 is 1.78 bits per heavy atom. The molecular formula is C12H23ClN2O2S. The lowest BCUT2D eigenvalue weighted by atomic mass is 10.0. The second kappa shape index (κ2) is 6.07. The molecule has 2 rings (SSSR count). The number of rotatable bonds is 3. The van der Waals surface area contributed by atoms with E-state index in [1.807, 2.05) is 0 Å². The third-order valence-electron chi connectivity index (χ3n) is 4.06. The fourth-order valence-corrected chi connectivity index (χ4v) is 4.92. The molecule has 2 saturated heterocycles. The zero-order chi connectivity index (χ0) is 13.2. The van der Waals surface area contributed by atoms with E-state index in [1.54, 1.807) is 8.61 Å². The van der Waals surface area contributed by atoms with E-state index in [0.717, 1.165) is 25.7 Å². The Morgan fingerprint density at radius 3 is 2.33 bits per heavy atom. The van der Waals surface area contributed by atoms with Gasteiger partial charge in [-0.2, -0.15) is 17.0 Å². The largest absolute Gasteiger partial charge is 0.281 e. The standard InChI is InChI=1S/C12H23ClN2O2S/c1-11-3-2-6-15(10-11)18(16,17)14-7-4-12(9-13)5-8-14/h11-12H,2-10H2,1H3. The molecule has 0 N–H and O–H groups in total. The smallest absolute Gasteiger partial charge is 0.195 e. The van der Waals surface area contributed by atoms with Gasteiger partial charge >= 0.3 is 0 Å². The van der Waals surface area contributed by atoms with Crippen LogP contribution in [0.25, 0.3) is 0 Å². The quantitative estimate of drug-likeness (QED) is 0.746. The van der Waals surface area contributed by atoms with E-state index in [-0.39, 0.29) is 0 Å². The van der Waals surface area contributed by atoms with Crippen LogP contribution >= 0.6 is 11.6 Å². The topological polar surface area (TPSA) is 40.6 Å². The third-order valence-corrected chi connectivity index (χ3v) is 6.50. The first-order chi connectivity index (χ1) is 8.54. The molecule has 2 heterocycles. The first kappa shape index (κ1) is 14.6. The predicted molar refractivity (Wildman–Crippen MR) is 73.9 cm³/mol. The van der Waals surface area contributed by atoms with Gasteiger partial charge in [-0.3, -0.25) is 0 Å². The van der Waals surface area contributed by atoms with E-state index in [4.69, 9.17) is 11.6 Å². The van der Waals surface area contributed by atoms with Crippen molar-refractivity contribution in [2.24, 2.45) is 11.8 Å². The predicted octanol–water partition coefficient (Wildman–Crippen LogP) is 1.91. The minimum Gasteiger partial charge on any atom is -0.195 e. The summed E-state index contributed by atoms with van der Waals surface area (Å²) >= 11 is 5.83. The molecule has 2 aliphatic rings. The molecule has 0 aliphatic carbocycles. The van der Waals surface area contributed by atoms with Crippen molar-refractivity contribution in [2.45, 2.75) is 32.6 Å². The van der Waals surface area contributed by atoms with Gasteiger partial charge < -0.3 is 0 Å². The molecule has 0 radical (unpaired) electrons. The Morgan fingerprint density at radius 1 is 1.11 bits per heavy atom. The van der Waals surface area contributed by atoms with Crippen LogP contribution in [0.15, 0.2) is 0 Å². The number of piperidine rings is 2. The first-order valence-electron chi connectivity index (χ1n) is 6.85. The van der Waals surface area contributed by atoms with Crippen molar-refractivity contribution in [3.63, 3.8) is 0 Å². The lowest BCUT2D eigenvalue weighted by molar-refractivity contribution is 0.233. The van der Waals surface area contributed by atoms with Crippen LogP contribution in [-0.2, 0) is 10.2 Å². The summed E-state index contributed by atoms with van der Waals surface area (Å²) in [5, 5.41) is 0. The summed E-state index contributed by atoms with van der Waals surface area (Å²) in [5.41, 5.74) is 0. The highest BCUT2D eigenvalue weighted by Gasteiger charge is 2.34. The normalized spacial score (nSPS) is 29.6. The van der Waals surface area contributed by atoms with Crippen LogP contribution in [-0.4, -0.2) is 49.1 Å². The van der Waals surface area contributed by atoms with Crippen molar-refractivity contribution in [1.29, 1.82) is 0 Å². The molecule has 1 unspecified atom stereocenters. The van der Waals surface area contributed by atoms with E-state index in [2.05, 4.69) is 6.92 Å². The second-order valence-electron chi connectivity index (χ2n) is 5.61. The van der Waals surface area contributed by atoms with Crippen molar-refractivity contribution >= 4 is 21.8 Å². The number of nitrogens with zero attached hydrogens (tertiary/aromatic N) is 2. The van der Waals surface area contributed by atoms with Crippen molar-refractivity contribution in [2.75, 3.05) is 32.1 Å². The molecule has 4 nitrogen and oxygen atoms in total. The van der Waals surface area contributed by atoms with E-state index < -0.39 is 10.2 Å². The lowest BCUT2D eigenvalue weighted by Gasteiger charge is -2.37. The zero-order valence-electron chi connectivity index (χ0n) is 11.0. The van der Waals surface area contributed by atoms with Gasteiger partial charge in [0.15, 0.2) is 0 Å². The SMILES string of the molecule is CC1CCCN(S(=O)(=O)N2CCC(CCl)CC2)C1. The van der Waals surface area contributed by atoms with Gasteiger partial charge in [-0.25, -0.2) is 0 Å². The van der Waals surface area contributed by atoms with Gasteiger partial charge in [-0.15, -0.1) is 11.6 Å². The first-order valence-corrected chi connectivity index (χ1v) is 8.78. The molecule has 2 aliphatic heterocycles. The molecule has 2 fully saturated rings. The van der Waals surface area contributed by atoms with Crippen LogP contribution in [0.1, 0.15) is 32.6 Å². The van der Waals surface area contributed by atoms with Crippen molar-refractivity contribution in [1.82, 2.24) is 8.61 Å². The van der Waals surface area contributed by atoms with E-state index in [1.165, 1.54) is 0 Å². The monoisotopic (exact) mass is 294 g/mol. The van der Waals surface area contributed by atoms with Crippen LogP contribution < -0.4 is 0 Å². The summed E-state index contributed by atoms with van der Waals surface area (Å²) in [7, 11) is -3.23. The average Bonchev–Trinajstić information content (AvgIpc) is 2.39. The molecule has 18 heavy (non-hydrogen) atoms. The second-order valence-corrected chi connectivity index (χ2v) is 7.85. The minimum atomic E-state index is -3.23. The molecule has 0 spiro atoms. The van der Waals surface area contributed by atoms with Gasteiger partial charge in [-0.1, -0.05) is 6.92 Å². The van der Waals surface area contributed by atoms with Crippen LogP contribution in [0, 0.1) is 11.8 Å². The molecule has 1 atom stereocenters. The van der Waals surface area contributed by atoms with E-state index >= 15 is 0 Å². The summed E-state index contributed by atoms with van der Waals surface area (Å²) in [4.78, 5) is 0. The number of halogens is 1. The Bertz CT molecular complexity index is 366. The summed E-state index contributed by atoms with van der Waals surface area (Å²) in [6.07, 6.45) is 3.91. The van der Waals surface area contributed by atoms with Crippen LogP contribution in [0.2, 0.25) is 0 Å². The number of hydrogen-bond acceptors (Lipinski definition) is 2. The Labute approximate surface area is 115 Å². The molecule has 6 heteroatoms. The van der Waals surface area contributed by atoms with Gasteiger partial charge in [0.05, 0.1) is 0 Å². The Hall–Kier alpha value is 0.160. The number of alkyl halides is 1. The van der Waals surface area contributed by atoms with E-state index in [9.17, 15) is 8.42 Å². The summed E-state index contributed by atoms with van der Waals surface area (Å²) in [5.74, 6) is 1.61. The third kappa shape index (κ3) is 3.18. The number of hydrogen-bond donors (Lipinski definition) is 0. The lowest BCUT2D eigenvalue weighted by Crippen LogP contribution is -2.50. The summed E-state index contributed by atoms with van der Waals surface area (Å²) < 4.78 is 28.3. The Kier molecular flexibility index (Phi) is 4.92. The van der Waals surface area contributed by atoms with Gasteiger partial charge in [0, 0.05) is 32.1 Å². The molecule has 0 bridgehead atoms. The van der Waals surface area contributed by atoms with E-state index in [0.29, 0.717) is 43.9 Å². The highest BCUT2D eigenvalue weighted by Crippen LogP contribution is 2.25. The van der Waals surface area contributed by atoms with Gasteiger partial charge in [-0.05, 0) is 37.5 Å². The van der Waals surface area contributed by atoms with Crippen molar-refractivity contribution in [3.8, 4) is 0 Å². The maximum atomic E-state index is 12.5. The molecule has 0 aromatic rings. The van der Waals surface area contributed by atoms with Crippen LogP contribution in [0.3, 0.4) is 0 Å². The highest BCUT2D eigenvalue weighted by molar-refractivity contribution is 7.86. The van der Waals surface area contributed by atoms with Gasteiger partial charge in [0.25, 0.3) is 10.2 Å². The van der Waals surface area contributed by atoms with Crippen molar-refractivity contribution < 1.29 is 8.42 Å². The van der Waals surface area contributed by atoms with Crippen LogP contribution in [0.5, 0.6) is 0 Å². The minimum absolute atomic E-state index is 0.480. The molecule has 106 valence electrons. The van der Waals surface area contributed by atoms with Gasteiger partial charge in [0.2, 0.25) is 0 Å².